The second kappa shape index (κ2) is 16.4. The number of amides is 1. The van der Waals surface area contributed by atoms with Crippen molar-refractivity contribution >= 4 is 11.7 Å². The normalized spacial score (nSPS) is 41.7. The van der Waals surface area contributed by atoms with E-state index in [-0.39, 0.29) is 32.0 Å². The van der Waals surface area contributed by atoms with Gasteiger partial charge >= 0.3 is 0 Å². The van der Waals surface area contributed by atoms with Gasteiger partial charge in [0.1, 0.15) is 42.0 Å². The largest absolute Gasteiger partial charge is 0.389 e. The summed E-state index contributed by atoms with van der Waals surface area (Å²) in [6, 6.07) is -3.53. The molecular weight excluding hydrogens is 600 g/mol. The standard InChI is InChI=1S/C26H52N8O11/c1-26(41)9-42-25(19(39)22(26)32-2)45-21-13(34-23(40)17(37)16(36)14(35)6-27)5-12(30)20(18(21)38)44-24-11(29)4-3-10(43-24)8-33-15(31)7-28/h10-14,16-22,24-25,32,35-39,41H,3-9,27-30H2,1-2H3,(H2,31,33)(H,34,40)/t10-,11+,12-,13+,14-,16-,17-,18-,19+,20+,21-,22+,24+,25+,26-/m0/s1. The molecule has 3 fully saturated rings. The van der Waals surface area contributed by atoms with Crippen LogP contribution in [0.2, 0.25) is 0 Å². The lowest BCUT2D eigenvalue weighted by atomic mass is 9.83. The summed E-state index contributed by atoms with van der Waals surface area (Å²) in [5.74, 6) is -0.848. The highest BCUT2D eigenvalue weighted by Crippen LogP contribution is 2.32. The Morgan fingerprint density at radius 3 is 2.36 bits per heavy atom. The molecule has 18 N–H and O–H groups in total. The Balaban J connectivity index is 1.83. The Hall–Kier alpha value is -1.66. The summed E-state index contributed by atoms with van der Waals surface area (Å²) < 4.78 is 23.8. The first-order chi connectivity index (χ1) is 21.1. The minimum Gasteiger partial charge on any atom is -0.389 e. The summed E-state index contributed by atoms with van der Waals surface area (Å²) in [5, 5.41) is 68.8. The Morgan fingerprint density at radius 1 is 1.07 bits per heavy atom. The minimum absolute atomic E-state index is 0.0842. The number of aliphatic hydroxyl groups excluding tert-OH is 5. The van der Waals surface area contributed by atoms with Crippen LogP contribution < -0.4 is 39.3 Å². The van der Waals surface area contributed by atoms with Crippen molar-refractivity contribution in [1.82, 2.24) is 10.6 Å². The van der Waals surface area contributed by atoms with E-state index in [0.29, 0.717) is 12.8 Å². The molecule has 0 aromatic carbocycles. The van der Waals surface area contributed by atoms with Crippen molar-refractivity contribution in [2.75, 3.05) is 33.3 Å². The first-order valence-corrected chi connectivity index (χ1v) is 15.0. The van der Waals surface area contributed by atoms with Crippen LogP contribution in [0.15, 0.2) is 4.99 Å². The van der Waals surface area contributed by atoms with Crippen molar-refractivity contribution in [3.8, 4) is 0 Å². The van der Waals surface area contributed by atoms with E-state index < -0.39 is 104 Å². The number of nitrogens with one attached hydrogen (secondary N) is 2. The Morgan fingerprint density at radius 2 is 1.73 bits per heavy atom. The van der Waals surface area contributed by atoms with Gasteiger partial charge in [-0.3, -0.25) is 9.79 Å². The van der Waals surface area contributed by atoms with Crippen molar-refractivity contribution in [1.29, 1.82) is 0 Å². The van der Waals surface area contributed by atoms with Crippen LogP contribution in [0.1, 0.15) is 26.2 Å². The molecule has 19 heteroatoms. The van der Waals surface area contributed by atoms with Crippen LogP contribution in [0.25, 0.3) is 0 Å². The molecule has 1 amide bonds. The van der Waals surface area contributed by atoms with E-state index in [9.17, 15) is 35.4 Å². The average molecular weight is 653 g/mol. The van der Waals surface area contributed by atoms with Gasteiger partial charge < -0.3 is 88.9 Å². The number of amidine groups is 1. The maximum atomic E-state index is 12.9. The maximum absolute atomic E-state index is 12.9. The number of rotatable bonds is 13. The lowest BCUT2D eigenvalue weighted by Gasteiger charge is -2.49. The van der Waals surface area contributed by atoms with Crippen LogP contribution in [-0.2, 0) is 23.7 Å². The van der Waals surface area contributed by atoms with Crippen molar-refractivity contribution in [2.24, 2.45) is 33.7 Å². The summed E-state index contributed by atoms with van der Waals surface area (Å²) in [4.78, 5) is 17.1. The second-order valence-corrected chi connectivity index (χ2v) is 12.1. The molecule has 262 valence electrons. The van der Waals surface area contributed by atoms with Gasteiger partial charge in [0.15, 0.2) is 18.7 Å². The molecule has 45 heavy (non-hydrogen) atoms. The lowest BCUT2D eigenvalue weighted by molar-refractivity contribution is -0.307. The lowest BCUT2D eigenvalue weighted by Crippen LogP contribution is -2.69. The van der Waals surface area contributed by atoms with E-state index in [1.54, 1.807) is 0 Å². The highest BCUT2D eigenvalue weighted by atomic mass is 16.7. The van der Waals surface area contributed by atoms with Gasteiger partial charge in [0, 0.05) is 12.6 Å². The molecule has 0 bridgehead atoms. The quantitative estimate of drug-likeness (QED) is 0.0649. The zero-order chi connectivity index (χ0) is 33.6. The van der Waals surface area contributed by atoms with Gasteiger partial charge in [-0.15, -0.1) is 0 Å². The van der Waals surface area contributed by atoms with Gasteiger partial charge in [-0.1, -0.05) is 0 Å². The van der Waals surface area contributed by atoms with Crippen molar-refractivity contribution in [3.05, 3.63) is 0 Å². The third kappa shape index (κ3) is 9.24. The van der Waals surface area contributed by atoms with Crippen molar-refractivity contribution < 1.29 is 54.4 Å². The van der Waals surface area contributed by atoms with Gasteiger partial charge in [0.25, 0.3) is 5.91 Å². The third-order valence-electron chi connectivity index (χ3n) is 8.50. The van der Waals surface area contributed by atoms with Crippen molar-refractivity contribution in [2.45, 2.75) is 117 Å². The number of hydrogen-bond acceptors (Lipinski definition) is 17. The highest BCUT2D eigenvalue weighted by Gasteiger charge is 2.52. The fourth-order valence-electron chi connectivity index (χ4n) is 5.81. The highest BCUT2D eigenvalue weighted by molar-refractivity contribution is 5.82. The first-order valence-electron chi connectivity index (χ1n) is 15.0. The Kier molecular flexibility index (Phi) is 13.8. The van der Waals surface area contributed by atoms with E-state index in [2.05, 4.69) is 15.6 Å². The molecule has 15 atom stereocenters. The number of nitrogens with two attached hydrogens (primary N) is 5. The smallest absolute Gasteiger partial charge is 0.251 e. The van der Waals surface area contributed by atoms with E-state index in [1.165, 1.54) is 14.0 Å². The molecule has 2 saturated heterocycles. The molecule has 19 nitrogen and oxygen atoms in total. The van der Waals surface area contributed by atoms with Gasteiger partial charge in [-0.2, -0.15) is 0 Å². The summed E-state index contributed by atoms with van der Waals surface area (Å²) in [7, 11) is 1.53. The zero-order valence-electron chi connectivity index (χ0n) is 25.6. The number of ether oxygens (including phenoxy) is 4. The van der Waals surface area contributed by atoms with Gasteiger partial charge in [-0.25, -0.2) is 0 Å². The number of nitrogens with zero attached hydrogens (tertiary/aromatic N) is 1. The monoisotopic (exact) mass is 652 g/mol. The molecular formula is C26H52N8O11. The van der Waals surface area contributed by atoms with Crippen LogP contribution in [0, 0.1) is 0 Å². The summed E-state index contributed by atoms with van der Waals surface area (Å²) in [6.07, 6.45) is -12.9. The molecule has 3 rings (SSSR count). The number of aliphatic imine (C=N–C) groups is 1. The van der Waals surface area contributed by atoms with Crippen LogP contribution >= 0.6 is 0 Å². The molecule has 1 aliphatic carbocycles. The van der Waals surface area contributed by atoms with Crippen LogP contribution in [0.4, 0.5) is 0 Å². The molecule has 2 aliphatic heterocycles. The summed E-state index contributed by atoms with van der Waals surface area (Å²) in [5.41, 5.74) is 27.8. The number of carbonyl (C=O) groups is 1. The molecule has 1 saturated carbocycles. The fourth-order valence-corrected chi connectivity index (χ4v) is 5.81. The Labute approximate surface area is 261 Å². The third-order valence-corrected chi connectivity index (χ3v) is 8.50. The predicted molar refractivity (Wildman–Crippen MR) is 158 cm³/mol. The molecule has 0 aromatic rings. The summed E-state index contributed by atoms with van der Waals surface area (Å²) >= 11 is 0. The number of carbonyl (C=O) groups excluding carboxylic acids is 1. The zero-order valence-corrected chi connectivity index (χ0v) is 25.6. The van der Waals surface area contributed by atoms with Crippen molar-refractivity contribution in [3.63, 3.8) is 0 Å². The predicted octanol–water partition coefficient (Wildman–Crippen LogP) is -7.42. The summed E-state index contributed by atoms with van der Waals surface area (Å²) in [6.45, 7) is 1.10. The minimum atomic E-state index is -2.09. The van der Waals surface area contributed by atoms with Gasteiger partial charge in [0.05, 0.1) is 50.0 Å². The number of hydrogen-bond donors (Lipinski definition) is 13. The molecule has 0 spiro atoms. The molecule has 0 radical (unpaired) electrons. The molecule has 0 aromatic heterocycles. The number of likely N-dealkylation sites (N-methyl/N-ethyl adjacent to an activating group) is 1. The molecule has 0 unspecified atom stereocenters. The van der Waals surface area contributed by atoms with Gasteiger partial charge in [-0.05, 0) is 33.2 Å². The van der Waals surface area contributed by atoms with E-state index in [4.69, 9.17) is 47.6 Å². The SMILES string of the molecule is CN[C@@H]1[C@@H](O)[C@@H](O[C@@H]2[C@@H](O)[C@H](O[C@H]3O[C@H](CN=C(N)CN)CC[C@H]3N)[C@@H](N)C[C@H]2NC(=O)[C@@H](O)[C@@H](O)[C@@H](O)CN)OC[C@]1(C)O. The topological polar surface area (TPSA) is 342 Å². The van der Waals surface area contributed by atoms with Crippen LogP contribution in [0.5, 0.6) is 0 Å². The van der Waals surface area contributed by atoms with Gasteiger partial charge in [0.2, 0.25) is 0 Å². The second-order valence-electron chi connectivity index (χ2n) is 12.1. The van der Waals surface area contributed by atoms with Crippen LogP contribution in [0.3, 0.4) is 0 Å². The molecule has 2 heterocycles. The van der Waals surface area contributed by atoms with E-state index >= 15 is 0 Å². The average Bonchev–Trinajstić information content (AvgIpc) is 3.00. The fraction of sp³-hybridized carbons (Fsp3) is 0.923. The molecule has 3 aliphatic rings. The maximum Gasteiger partial charge on any atom is 0.251 e. The first kappa shape index (κ1) is 37.8. The van der Waals surface area contributed by atoms with E-state index in [1.807, 2.05) is 0 Å². The number of aliphatic hydroxyl groups is 6. The van der Waals surface area contributed by atoms with Crippen LogP contribution in [-0.4, -0.2) is 167 Å². The van der Waals surface area contributed by atoms with E-state index in [0.717, 1.165) is 0 Å². The Bertz CT molecular complexity index is 983.